The van der Waals surface area contributed by atoms with Crippen LogP contribution in [0.4, 0.5) is 4.39 Å². The van der Waals surface area contributed by atoms with Gasteiger partial charge in [0.25, 0.3) is 0 Å². The fourth-order valence-corrected chi connectivity index (χ4v) is 3.41. The van der Waals surface area contributed by atoms with Crippen LogP contribution < -0.4 is 5.43 Å². The van der Waals surface area contributed by atoms with Crippen LogP contribution in [-0.4, -0.2) is 55.5 Å². The van der Waals surface area contributed by atoms with Gasteiger partial charge >= 0.3 is 11.9 Å². The predicted molar refractivity (Wildman–Crippen MR) is 112 cm³/mol. The molecule has 0 saturated heterocycles. The van der Waals surface area contributed by atoms with Gasteiger partial charge < -0.3 is 14.8 Å². The number of fused-ring (bicyclic) bond motifs is 1. The third-order valence-electron chi connectivity index (χ3n) is 4.88. The summed E-state index contributed by atoms with van der Waals surface area (Å²) < 4.78 is 16.2. The maximum absolute atomic E-state index is 14.8. The molecule has 2 heterocycles. The second-order valence-electron chi connectivity index (χ2n) is 7.10. The molecule has 2 N–H and O–H groups in total. The molecule has 9 nitrogen and oxygen atoms in total. The zero-order valence-electron chi connectivity index (χ0n) is 17.1. The number of ketones is 1. The van der Waals surface area contributed by atoms with E-state index in [2.05, 4.69) is 4.98 Å². The van der Waals surface area contributed by atoms with Gasteiger partial charge in [0.15, 0.2) is 5.78 Å². The summed E-state index contributed by atoms with van der Waals surface area (Å²) in [6, 6.07) is 7.15. The number of carbonyl (C=O) groups is 3. The van der Waals surface area contributed by atoms with Crippen LogP contribution in [0.2, 0.25) is 0 Å². The van der Waals surface area contributed by atoms with Crippen LogP contribution in [0, 0.1) is 5.82 Å². The summed E-state index contributed by atoms with van der Waals surface area (Å²) in [5, 5.41) is 18.3. The molecule has 3 rings (SSSR count). The molecule has 0 unspecified atom stereocenters. The fraction of sp³-hybridized carbons (Fsp3) is 0.227. The zero-order chi connectivity index (χ0) is 23.4. The maximum atomic E-state index is 14.8. The molecule has 0 aliphatic carbocycles. The van der Waals surface area contributed by atoms with Gasteiger partial charge in [-0.05, 0) is 31.2 Å². The Kier molecular flexibility index (Phi) is 6.74. The number of benzene rings is 1. The molecule has 0 amide bonds. The molecule has 166 valence electrons. The van der Waals surface area contributed by atoms with E-state index in [0.717, 1.165) is 12.3 Å². The van der Waals surface area contributed by atoms with E-state index in [1.165, 1.54) is 21.7 Å². The molecule has 0 atom stereocenters. The molecule has 0 radical (unpaired) electrons. The minimum Gasteiger partial charge on any atom is -0.480 e. The van der Waals surface area contributed by atoms with E-state index in [0.29, 0.717) is 5.69 Å². The first-order valence-electron chi connectivity index (χ1n) is 9.68. The summed E-state index contributed by atoms with van der Waals surface area (Å²) in [6.07, 6.45) is 2.69. The van der Waals surface area contributed by atoms with E-state index in [1.54, 1.807) is 25.1 Å². The normalized spacial score (nSPS) is 11.1. The van der Waals surface area contributed by atoms with Gasteiger partial charge in [-0.1, -0.05) is 6.07 Å². The van der Waals surface area contributed by atoms with Crippen LogP contribution in [0.15, 0.2) is 47.5 Å². The second-order valence-corrected chi connectivity index (χ2v) is 7.10. The molecule has 0 fully saturated rings. The zero-order valence-corrected chi connectivity index (χ0v) is 17.1. The summed E-state index contributed by atoms with van der Waals surface area (Å²) in [7, 11) is 0. The Morgan fingerprint density at radius 1 is 1.12 bits per heavy atom. The van der Waals surface area contributed by atoms with Gasteiger partial charge in [-0.15, -0.1) is 0 Å². The smallest absolute Gasteiger partial charge is 0.341 e. The number of rotatable bonds is 9. The van der Waals surface area contributed by atoms with Crippen molar-refractivity contribution in [1.29, 1.82) is 0 Å². The van der Waals surface area contributed by atoms with Crippen LogP contribution in [0.25, 0.3) is 10.9 Å². The van der Waals surface area contributed by atoms with Crippen LogP contribution in [0.3, 0.4) is 0 Å². The van der Waals surface area contributed by atoms with Crippen molar-refractivity contribution in [2.24, 2.45) is 0 Å². The van der Waals surface area contributed by atoms with Crippen LogP contribution in [-0.2, 0) is 17.9 Å². The van der Waals surface area contributed by atoms with Crippen LogP contribution in [0.5, 0.6) is 0 Å². The Morgan fingerprint density at radius 2 is 1.88 bits per heavy atom. The summed E-state index contributed by atoms with van der Waals surface area (Å²) in [6.45, 7) is 1.20. The molecule has 0 aliphatic rings. The first-order chi connectivity index (χ1) is 15.2. The Bertz CT molecular complexity index is 1260. The highest BCUT2D eigenvalue weighted by molar-refractivity contribution is 6.02. The lowest BCUT2D eigenvalue weighted by molar-refractivity contribution is -0.138. The lowest BCUT2D eigenvalue weighted by Crippen LogP contribution is -2.34. The van der Waals surface area contributed by atoms with Crippen molar-refractivity contribution >= 4 is 28.6 Å². The number of aliphatic carboxylic acids is 1. The Balaban J connectivity index is 2.00. The number of pyridine rings is 2. The second kappa shape index (κ2) is 9.48. The SMILES string of the molecule is CCn1cc(C(=O)O)c(=O)c2cc(F)c(C(=O)CN(CC(=O)O)Cc3ccccn3)cc21. The number of carboxylic acid groups (broad SMARTS) is 2. The van der Waals surface area contributed by atoms with Gasteiger partial charge in [-0.25, -0.2) is 9.18 Å². The lowest BCUT2D eigenvalue weighted by atomic mass is 10.0. The third kappa shape index (κ3) is 4.86. The highest BCUT2D eigenvalue weighted by atomic mass is 19.1. The number of nitrogens with zero attached hydrogens (tertiary/aromatic N) is 3. The molecule has 2 aromatic heterocycles. The van der Waals surface area contributed by atoms with Gasteiger partial charge in [0.2, 0.25) is 5.43 Å². The molecule has 0 bridgehead atoms. The number of halogens is 1. The Labute approximate surface area is 181 Å². The van der Waals surface area contributed by atoms with Gasteiger partial charge in [0.1, 0.15) is 11.4 Å². The first kappa shape index (κ1) is 22.8. The van der Waals surface area contributed by atoms with Crippen molar-refractivity contribution in [2.45, 2.75) is 20.0 Å². The Morgan fingerprint density at radius 3 is 2.47 bits per heavy atom. The summed E-state index contributed by atoms with van der Waals surface area (Å²) in [4.78, 5) is 53.3. The lowest BCUT2D eigenvalue weighted by Gasteiger charge is -2.19. The average Bonchev–Trinajstić information content (AvgIpc) is 2.74. The number of aryl methyl sites for hydroxylation is 1. The molecular formula is C22H20FN3O6. The molecule has 32 heavy (non-hydrogen) atoms. The third-order valence-corrected chi connectivity index (χ3v) is 4.88. The summed E-state index contributed by atoms with van der Waals surface area (Å²) >= 11 is 0. The van der Waals surface area contributed by atoms with Crippen molar-refractivity contribution in [3.8, 4) is 0 Å². The molecule has 3 aromatic rings. The van der Waals surface area contributed by atoms with E-state index >= 15 is 0 Å². The van der Waals surface area contributed by atoms with Crippen molar-refractivity contribution in [3.63, 3.8) is 0 Å². The molecule has 0 aliphatic heterocycles. The van der Waals surface area contributed by atoms with E-state index in [4.69, 9.17) is 0 Å². The van der Waals surface area contributed by atoms with Crippen LogP contribution in [0.1, 0.15) is 33.3 Å². The topological polar surface area (TPSA) is 130 Å². The molecule has 10 heteroatoms. The van der Waals surface area contributed by atoms with E-state index in [9.17, 15) is 33.8 Å². The van der Waals surface area contributed by atoms with Gasteiger partial charge in [-0.2, -0.15) is 0 Å². The van der Waals surface area contributed by atoms with Gasteiger partial charge in [0, 0.05) is 30.9 Å². The molecular weight excluding hydrogens is 421 g/mol. The number of aromatic carboxylic acids is 1. The largest absolute Gasteiger partial charge is 0.480 e. The first-order valence-corrected chi connectivity index (χ1v) is 9.68. The average molecular weight is 441 g/mol. The van der Waals surface area contributed by atoms with E-state index in [-0.39, 0.29) is 29.6 Å². The number of hydrogen-bond donors (Lipinski definition) is 2. The van der Waals surface area contributed by atoms with Crippen LogP contribution >= 0.6 is 0 Å². The van der Waals surface area contributed by atoms with Gasteiger partial charge in [0.05, 0.1) is 29.9 Å². The van der Waals surface area contributed by atoms with Gasteiger partial charge in [-0.3, -0.25) is 24.3 Å². The highest BCUT2D eigenvalue weighted by Gasteiger charge is 2.22. The molecule has 0 saturated carbocycles. The number of Topliss-reactive ketones (excluding diaryl/α,β-unsaturated/α-hetero) is 1. The summed E-state index contributed by atoms with van der Waals surface area (Å²) in [5.41, 5.74) is -0.916. The monoisotopic (exact) mass is 441 g/mol. The maximum Gasteiger partial charge on any atom is 0.341 e. The number of carbonyl (C=O) groups excluding carboxylic acids is 1. The quantitative estimate of drug-likeness (QED) is 0.483. The van der Waals surface area contributed by atoms with Crippen molar-refractivity contribution in [1.82, 2.24) is 14.5 Å². The summed E-state index contributed by atoms with van der Waals surface area (Å²) in [5.74, 6) is -4.26. The number of carboxylic acids is 2. The van der Waals surface area contributed by atoms with Crippen molar-refractivity contribution in [2.75, 3.05) is 13.1 Å². The molecule has 1 aromatic carbocycles. The minimum absolute atomic E-state index is 0.0652. The van der Waals surface area contributed by atoms with E-state index in [1.807, 2.05) is 0 Å². The number of aromatic nitrogens is 2. The standard InChI is InChI=1S/C22H20FN3O6/c1-2-26-10-16(22(31)32)21(30)15-7-17(23)14(8-18(15)26)19(27)11-25(12-20(28)29)9-13-5-3-4-6-24-13/h3-8,10H,2,9,11-12H2,1H3,(H,28,29)(H,31,32). The van der Waals surface area contributed by atoms with Crippen molar-refractivity contribution < 1.29 is 29.0 Å². The molecule has 0 spiro atoms. The highest BCUT2D eigenvalue weighted by Crippen LogP contribution is 2.19. The fourth-order valence-electron chi connectivity index (χ4n) is 3.41. The predicted octanol–water partition coefficient (Wildman–Crippen LogP) is 2.02. The van der Waals surface area contributed by atoms with E-state index < -0.39 is 47.6 Å². The van der Waals surface area contributed by atoms with Crippen molar-refractivity contribution in [3.05, 3.63) is 75.6 Å². The minimum atomic E-state index is -1.43. The Hall–Kier alpha value is -3.92. The number of hydrogen-bond acceptors (Lipinski definition) is 6.